The molecule has 0 spiro atoms. The van der Waals surface area contributed by atoms with Crippen molar-refractivity contribution in [2.24, 2.45) is 10.7 Å². The number of hydrogen-bond acceptors (Lipinski definition) is 5. The molecule has 2 aromatic carbocycles. The zero-order valence-electron chi connectivity index (χ0n) is 19.8. The van der Waals surface area contributed by atoms with E-state index in [1.165, 1.54) is 11.1 Å². The van der Waals surface area contributed by atoms with E-state index in [-0.39, 0.29) is 23.7 Å². The fourth-order valence-electron chi connectivity index (χ4n) is 4.46. The lowest BCUT2D eigenvalue weighted by molar-refractivity contribution is -0.121. The Hall–Kier alpha value is -3.36. The van der Waals surface area contributed by atoms with Gasteiger partial charge in [-0.25, -0.2) is 0 Å². The van der Waals surface area contributed by atoms with Gasteiger partial charge in [0, 0.05) is 45.5 Å². The van der Waals surface area contributed by atoms with Crippen LogP contribution in [0.4, 0.5) is 0 Å². The predicted molar refractivity (Wildman–Crippen MR) is 134 cm³/mol. The lowest BCUT2D eigenvalue weighted by Gasteiger charge is -2.38. The second-order valence-corrected chi connectivity index (χ2v) is 9.07. The molecule has 8 nitrogen and oxygen atoms in total. The van der Waals surface area contributed by atoms with Gasteiger partial charge in [-0.1, -0.05) is 36.4 Å². The number of piperazine rings is 1. The number of phenols is 1. The fraction of sp³-hybridized carbons (Fsp3) is 0.385. The maximum Gasteiger partial charge on any atom is 0.235 e. The molecule has 0 radical (unpaired) electrons. The van der Waals surface area contributed by atoms with Crippen molar-refractivity contribution in [3.63, 3.8) is 0 Å². The minimum Gasteiger partial charge on any atom is -0.508 e. The summed E-state index contributed by atoms with van der Waals surface area (Å²) in [5.74, 6) is 0.805. The van der Waals surface area contributed by atoms with Crippen LogP contribution in [0.3, 0.4) is 0 Å². The number of carbonyl (C=O) groups excluding carboxylic acids is 1. The van der Waals surface area contributed by atoms with Crippen molar-refractivity contribution in [3.05, 3.63) is 77.5 Å². The average molecular weight is 463 g/mol. The Labute approximate surface area is 201 Å². The minimum atomic E-state index is -0.307. The Morgan fingerprint density at radius 1 is 1.21 bits per heavy atom. The molecule has 2 aliphatic heterocycles. The van der Waals surface area contributed by atoms with Crippen LogP contribution in [0.1, 0.15) is 29.7 Å². The maximum absolute atomic E-state index is 11.6. The van der Waals surface area contributed by atoms with E-state index in [2.05, 4.69) is 57.7 Å². The van der Waals surface area contributed by atoms with Crippen LogP contribution in [-0.4, -0.2) is 65.5 Å². The number of hydrogen-bond donors (Lipinski definition) is 4. The zero-order chi connectivity index (χ0) is 24.1. The lowest BCUT2D eigenvalue weighted by Crippen LogP contribution is -2.59. The third-order valence-electron chi connectivity index (χ3n) is 6.56. The highest BCUT2D eigenvalue weighted by Crippen LogP contribution is 2.25. The zero-order valence-corrected chi connectivity index (χ0v) is 19.8. The summed E-state index contributed by atoms with van der Waals surface area (Å²) in [6.45, 7) is 4.95. The first-order chi connectivity index (χ1) is 16.4. The van der Waals surface area contributed by atoms with E-state index < -0.39 is 0 Å². The number of phenolic OH excluding ortho intramolecular Hbond substituents is 1. The van der Waals surface area contributed by atoms with Gasteiger partial charge < -0.3 is 26.4 Å². The van der Waals surface area contributed by atoms with Crippen molar-refractivity contribution in [3.8, 4) is 5.75 Å². The first kappa shape index (κ1) is 23.8. The Bertz CT molecular complexity index is 1050. The molecule has 2 aromatic rings. The second-order valence-electron chi connectivity index (χ2n) is 9.07. The van der Waals surface area contributed by atoms with Crippen LogP contribution in [0.25, 0.3) is 0 Å². The van der Waals surface area contributed by atoms with Gasteiger partial charge in [-0.2, -0.15) is 0 Å². The van der Waals surface area contributed by atoms with Gasteiger partial charge in [0.05, 0.1) is 12.1 Å². The van der Waals surface area contributed by atoms with Gasteiger partial charge in [0.1, 0.15) is 5.75 Å². The Morgan fingerprint density at radius 2 is 2.00 bits per heavy atom. The normalized spacial score (nSPS) is 24.2. The number of aromatic hydroxyl groups is 1. The van der Waals surface area contributed by atoms with Crippen molar-refractivity contribution in [2.45, 2.75) is 38.0 Å². The quantitative estimate of drug-likeness (QED) is 0.499. The van der Waals surface area contributed by atoms with E-state index in [9.17, 15) is 9.90 Å². The molecule has 34 heavy (non-hydrogen) atoms. The number of rotatable bonds is 7. The van der Waals surface area contributed by atoms with Crippen molar-refractivity contribution in [1.29, 1.82) is 0 Å². The van der Waals surface area contributed by atoms with Crippen LogP contribution >= 0.6 is 0 Å². The number of primary amides is 1. The summed E-state index contributed by atoms with van der Waals surface area (Å²) in [6.07, 6.45) is 4.89. The van der Waals surface area contributed by atoms with Gasteiger partial charge in [-0.3, -0.25) is 14.7 Å². The van der Waals surface area contributed by atoms with Crippen LogP contribution in [0.5, 0.6) is 5.75 Å². The average Bonchev–Trinajstić information content (AvgIpc) is 2.83. The third-order valence-corrected chi connectivity index (χ3v) is 6.56. The number of nitrogens with zero attached hydrogens (tertiary/aromatic N) is 3. The van der Waals surface area contributed by atoms with E-state index in [1.807, 2.05) is 25.4 Å². The molecule has 8 heteroatoms. The van der Waals surface area contributed by atoms with Crippen molar-refractivity contribution in [2.75, 3.05) is 26.7 Å². The monoisotopic (exact) mass is 462 g/mol. The molecule has 2 heterocycles. The van der Waals surface area contributed by atoms with Gasteiger partial charge in [-0.05, 0) is 48.2 Å². The molecular formula is C26H34N6O2. The molecule has 0 aliphatic carbocycles. The van der Waals surface area contributed by atoms with E-state index >= 15 is 0 Å². The van der Waals surface area contributed by atoms with Gasteiger partial charge >= 0.3 is 0 Å². The number of carbonyl (C=O) groups is 1. The molecule has 5 N–H and O–H groups in total. The highest BCUT2D eigenvalue weighted by atomic mass is 16.3. The van der Waals surface area contributed by atoms with Crippen LogP contribution in [0.15, 0.2) is 65.8 Å². The van der Waals surface area contributed by atoms with E-state index in [4.69, 9.17) is 10.7 Å². The summed E-state index contributed by atoms with van der Waals surface area (Å²) in [7, 11) is 2.04. The maximum atomic E-state index is 11.6. The number of amides is 1. The van der Waals surface area contributed by atoms with E-state index in [1.54, 1.807) is 12.1 Å². The molecule has 3 atom stereocenters. The molecule has 2 aliphatic rings. The molecule has 4 rings (SSSR count). The molecule has 0 aromatic heterocycles. The molecular weight excluding hydrogens is 428 g/mol. The fourth-order valence-corrected chi connectivity index (χ4v) is 4.46. The highest BCUT2D eigenvalue weighted by Gasteiger charge is 2.28. The third kappa shape index (κ3) is 5.76. The standard InChI is InChI=1S/C26H34N6O2/c1-18-15-30-23(25(27)34)17-32(18)16-20-4-3-5-21(14-20)24-11-13-29-26(31(24)2)28-12-10-19-6-8-22(33)9-7-19/h3-9,11,13-14,18,23-24,30,33H,10,12,15-17H2,1-2H3,(H2,27,34)(H,28,29)/t18-,23+,24?/m0/s1. The van der Waals surface area contributed by atoms with Crippen molar-refractivity contribution < 1.29 is 9.90 Å². The van der Waals surface area contributed by atoms with Crippen LogP contribution < -0.4 is 16.4 Å². The number of guanidine groups is 1. The predicted octanol–water partition coefficient (Wildman–Crippen LogP) is 1.73. The molecule has 180 valence electrons. The number of nitrogens with two attached hydrogens (primary N) is 1. The van der Waals surface area contributed by atoms with E-state index in [0.717, 1.165) is 31.0 Å². The lowest BCUT2D eigenvalue weighted by atomic mass is 10.0. The molecule has 1 unspecified atom stereocenters. The van der Waals surface area contributed by atoms with Crippen LogP contribution in [0.2, 0.25) is 0 Å². The van der Waals surface area contributed by atoms with Crippen LogP contribution in [0, 0.1) is 0 Å². The Kier molecular flexibility index (Phi) is 7.49. The van der Waals surface area contributed by atoms with E-state index in [0.29, 0.717) is 19.1 Å². The minimum absolute atomic E-state index is 0.0763. The molecule has 1 amide bonds. The highest BCUT2D eigenvalue weighted by molar-refractivity contribution is 5.82. The number of likely N-dealkylation sites (N-methyl/N-ethyl adjacent to an activating group) is 1. The van der Waals surface area contributed by atoms with Gasteiger partial charge in [0.25, 0.3) is 0 Å². The van der Waals surface area contributed by atoms with Gasteiger partial charge in [0.2, 0.25) is 5.91 Å². The summed E-state index contributed by atoms with van der Waals surface area (Å²) < 4.78 is 0. The number of benzene rings is 2. The second kappa shape index (κ2) is 10.7. The number of aliphatic imine (C=N–C) groups is 1. The first-order valence-electron chi connectivity index (χ1n) is 11.7. The van der Waals surface area contributed by atoms with Gasteiger partial charge in [0.15, 0.2) is 5.96 Å². The molecule has 1 fully saturated rings. The van der Waals surface area contributed by atoms with Crippen molar-refractivity contribution in [1.82, 2.24) is 20.4 Å². The summed E-state index contributed by atoms with van der Waals surface area (Å²) in [5, 5.41) is 15.9. The Morgan fingerprint density at radius 3 is 2.76 bits per heavy atom. The number of nitrogens with one attached hydrogen (secondary N) is 2. The van der Waals surface area contributed by atoms with Gasteiger partial charge in [-0.15, -0.1) is 0 Å². The molecule has 0 bridgehead atoms. The SMILES string of the molecule is C[C@H]1CN[C@@H](C(N)=O)CN1Cc1cccc(C2C=CNC(=NCCc3ccc(O)cc3)N2C)c1. The summed E-state index contributed by atoms with van der Waals surface area (Å²) in [4.78, 5) is 20.9. The summed E-state index contributed by atoms with van der Waals surface area (Å²) >= 11 is 0. The summed E-state index contributed by atoms with van der Waals surface area (Å²) in [6, 6.07) is 15.9. The first-order valence-corrected chi connectivity index (χ1v) is 11.7. The van der Waals surface area contributed by atoms with Crippen molar-refractivity contribution >= 4 is 11.9 Å². The molecule has 1 saturated heterocycles. The Balaban J connectivity index is 1.42. The smallest absolute Gasteiger partial charge is 0.235 e. The molecule has 0 saturated carbocycles. The van der Waals surface area contributed by atoms with Crippen LogP contribution in [-0.2, 0) is 17.8 Å². The summed E-state index contributed by atoms with van der Waals surface area (Å²) in [5.41, 5.74) is 9.07. The largest absolute Gasteiger partial charge is 0.508 e. The topological polar surface area (TPSA) is 106 Å².